The molecule has 1 aromatic heterocycles. The van der Waals surface area contributed by atoms with Crippen molar-refractivity contribution in [3.8, 4) is 5.75 Å². The zero-order chi connectivity index (χ0) is 14.0. The standard InChI is InChI=1S/C13H24N4O2/c1-8(2)17-13(11(18-4)6-15-17)12(16-14)10-5-9(3)19-7-10/h6,8-10,12,16H,5,7,14H2,1-4H3. The Bertz CT molecular complexity index is 419. The summed E-state index contributed by atoms with van der Waals surface area (Å²) in [6, 6.07) is 0.249. The van der Waals surface area contributed by atoms with Crippen molar-refractivity contribution < 1.29 is 9.47 Å². The summed E-state index contributed by atoms with van der Waals surface area (Å²) in [5.74, 6) is 6.89. The van der Waals surface area contributed by atoms with Gasteiger partial charge in [-0.15, -0.1) is 0 Å². The van der Waals surface area contributed by atoms with E-state index in [4.69, 9.17) is 15.3 Å². The van der Waals surface area contributed by atoms with Crippen LogP contribution in [0.3, 0.4) is 0 Å². The van der Waals surface area contributed by atoms with Gasteiger partial charge in [0.2, 0.25) is 0 Å². The molecule has 2 heterocycles. The highest BCUT2D eigenvalue weighted by atomic mass is 16.5. The van der Waals surface area contributed by atoms with Crippen molar-refractivity contribution in [3.63, 3.8) is 0 Å². The molecule has 0 aromatic carbocycles. The molecule has 0 amide bonds. The van der Waals surface area contributed by atoms with E-state index in [-0.39, 0.29) is 18.2 Å². The predicted octanol–water partition coefficient (Wildman–Crippen LogP) is 1.40. The molecule has 0 spiro atoms. The third-order valence-electron chi connectivity index (χ3n) is 3.68. The minimum Gasteiger partial charge on any atom is -0.493 e. The number of nitrogens with one attached hydrogen (secondary N) is 1. The average Bonchev–Trinajstić information content (AvgIpc) is 2.97. The van der Waals surface area contributed by atoms with Gasteiger partial charge in [-0.25, -0.2) is 0 Å². The SMILES string of the molecule is COc1cnn(C(C)C)c1C(NN)C1COC(C)C1. The number of hydrogen-bond donors (Lipinski definition) is 2. The van der Waals surface area contributed by atoms with Gasteiger partial charge < -0.3 is 9.47 Å². The molecule has 0 aliphatic carbocycles. The van der Waals surface area contributed by atoms with Crippen molar-refractivity contribution in [2.45, 2.75) is 45.4 Å². The number of nitrogens with two attached hydrogens (primary N) is 1. The lowest BCUT2D eigenvalue weighted by Gasteiger charge is -2.24. The fourth-order valence-electron chi connectivity index (χ4n) is 2.74. The maximum atomic E-state index is 5.78. The summed E-state index contributed by atoms with van der Waals surface area (Å²) in [4.78, 5) is 0. The van der Waals surface area contributed by atoms with Gasteiger partial charge in [-0.2, -0.15) is 5.10 Å². The highest BCUT2D eigenvalue weighted by molar-refractivity contribution is 5.29. The first-order chi connectivity index (χ1) is 9.08. The summed E-state index contributed by atoms with van der Waals surface area (Å²) in [6.45, 7) is 6.99. The Kier molecular flexibility index (Phi) is 4.44. The summed E-state index contributed by atoms with van der Waals surface area (Å²) >= 11 is 0. The molecule has 2 rings (SSSR count). The van der Waals surface area contributed by atoms with E-state index in [0.29, 0.717) is 12.5 Å². The Morgan fingerprint density at radius 3 is 2.79 bits per heavy atom. The van der Waals surface area contributed by atoms with E-state index in [1.807, 2.05) is 4.68 Å². The van der Waals surface area contributed by atoms with Crippen molar-refractivity contribution in [1.29, 1.82) is 0 Å². The molecule has 3 atom stereocenters. The Morgan fingerprint density at radius 2 is 2.32 bits per heavy atom. The highest BCUT2D eigenvalue weighted by Gasteiger charge is 2.34. The lowest BCUT2D eigenvalue weighted by Crippen LogP contribution is -2.36. The van der Waals surface area contributed by atoms with Crippen LogP contribution in [0.2, 0.25) is 0 Å². The second-order valence-corrected chi connectivity index (χ2v) is 5.42. The summed E-state index contributed by atoms with van der Waals surface area (Å²) in [5, 5.41) is 4.40. The minimum absolute atomic E-state index is 0.00944. The monoisotopic (exact) mass is 268 g/mol. The Morgan fingerprint density at radius 1 is 1.58 bits per heavy atom. The van der Waals surface area contributed by atoms with Crippen LogP contribution in [0.4, 0.5) is 0 Å². The van der Waals surface area contributed by atoms with Gasteiger partial charge in [-0.05, 0) is 27.2 Å². The smallest absolute Gasteiger partial charge is 0.161 e. The van der Waals surface area contributed by atoms with Crippen LogP contribution >= 0.6 is 0 Å². The van der Waals surface area contributed by atoms with Crippen molar-refractivity contribution in [2.24, 2.45) is 11.8 Å². The van der Waals surface area contributed by atoms with Gasteiger partial charge in [0.15, 0.2) is 5.75 Å². The molecule has 1 aliphatic rings. The molecule has 0 saturated carbocycles. The molecule has 1 aliphatic heterocycles. The van der Waals surface area contributed by atoms with Crippen molar-refractivity contribution in [3.05, 3.63) is 11.9 Å². The fourth-order valence-corrected chi connectivity index (χ4v) is 2.74. The zero-order valence-electron chi connectivity index (χ0n) is 12.1. The maximum absolute atomic E-state index is 5.78. The first-order valence-electron chi connectivity index (χ1n) is 6.77. The van der Waals surface area contributed by atoms with Crippen LogP contribution < -0.4 is 16.0 Å². The molecule has 3 unspecified atom stereocenters. The highest BCUT2D eigenvalue weighted by Crippen LogP contribution is 2.36. The first kappa shape index (κ1) is 14.3. The van der Waals surface area contributed by atoms with Crippen LogP contribution in [-0.4, -0.2) is 29.6 Å². The number of hydrazine groups is 1. The molecule has 6 heteroatoms. The third-order valence-corrected chi connectivity index (χ3v) is 3.68. The molecular formula is C13H24N4O2. The van der Waals surface area contributed by atoms with Gasteiger partial charge in [-0.1, -0.05) is 0 Å². The van der Waals surface area contributed by atoms with Gasteiger partial charge in [0.25, 0.3) is 0 Å². The lowest BCUT2D eigenvalue weighted by molar-refractivity contribution is 0.116. The second kappa shape index (κ2) is 5.90. The number of nitrogens with zero attached hydrogens (tertiary/aromatic N) is 2. The van der Waals surface area contributed by atoms with Gasteiger partial charge in [0.05, 0.1) is 37.8 Å². The largest absolute Gasteiger partial charge is 0.493 e. The van der Waals surface area contributed by atoms with E-state index in [2.05, 4.69) is 31.3 Å². The van der Waals surface area contributed by atoms with E-state index in [9.17, 15) is 0 Å². The zero-order valence-corrected chi connectivity index (χ0v) is 12.1. The van der Waals surface area contributed by atoms with Crippen LogP contribution in [0.15, 0.2) is 6.20 Å². The molecule has 1 aromatic rings. The van der Waals surface area contributed by atoms with E-state index in [1.165, 1.54) is 0 Å². The van der Waals surface area contributed by atoms with Gasteiger partial charge >= 0.3 is 0 Å². The van der Waals surface area contributed by atoms with E-state index in [0.717, 1.165) is 17.9 Å². The molecule has 1 fully saturated rings. The average molecular weight is 268 g/mol. The predicted molar refractivity (Wildman–Crippen MR) is 72.7 cm³/mol. The molecule has 19 heavy (non-hydrogen) atoms. The van der Waals surface area contributed by atoms with E-state index in [1.54, 1.807) is 13.3 Å². The van der Waals surface area contributed by atoms with E-state index < -0.39 is 0 Å². The summed E-state index contributed by atoms with van der Waals surface area (Å²) in [6.07, 6.45) is 3.02. The van der Waals surface area contributed by atoms with Crippen LogP contribution in [0, 0.1) is 5.92 Å². The first-order valence-corrected chi connectivity index (χ1v) is 6.77. The molecular weight excluding hydrogens is 244 g/mol. The molecule has 3 N–H and O–H groups in total. The maximum Gasteiger partial charge on any atom is 0.161 e. The number of hydrogen-bond acceptors (Lipinski definition) is 5. The number of ether oxygens (including phenoxy) is 2. The Hall–Kier alpha value is -1.11. The molecule has 0 bridgehead atoms. The summed E-state index contributed by atoms with van der Waals surface area (Å²) in [5.41, 5.74) is 3.92. The molecule has 108 valence electrons. The van der Waals surface area contributed by atoms with Crippen LogP contribution in [0.1, 0.15) is 45.0 Å². The van der Waals surface area contributed by atoms with Gasteiger partial charge in [0.1, 0.15) is 0 Å². The molecule has 1 saturated heterocycles. The quantitative estimate of drug-likeness (QED) is 0.624. The van der Waals surface area contributed by atoms with Crippen LogP contribution in [0.25, 0.3) is 0 Å². The molecule has 6 nitrogen and oxygen atoms in total. The second-order valence-electron chi connectivity index (χ2n) is 5.42. The number of aromatic nitrogens is 2. The fraction of sp³-hybridized carbons (Fsp3) is 0.769. The van der Waals surface area contributed by atoms with Crippen LogP contribution in [-0.2, 0) is 4.74 Å². The van der Waals surface area contributed by atoms with Crippen molar-refractivity contribution >= 4 is 0 Å². The van der Waals surface area contributed by atoms with Gasteiger partial charge in [0, 0.05) is 12.0 Å². The minimum atomic E-state index is -0.00944. The summed E-state index contributed by atoms with van der Waals surface area (Å²) < 4.78 is 13.0. The Balaban J connectivity index is 2.33. The van der Waals surface area contributed by atoms with Gasteiger partial charge in [-0.3, -0.25) is 16.0 Å². The lowest BCUT2D eigenvalue weighted by atomic mass is 9.94. The molecule has 0 radical (unpaired) electrons. The summed E-state index contributed by atoms with van der Waals surface area (Å²) in [7, 11) is 1.66. The number of rotatable bonds is 5. The third kappa shape index (κ3) is 2.75. The topological polar surface area (TPSA) is 74.3 Å². The van der Waals surface area contributed by atoms with E-state index >= 15 is 0 Å². The van der Waals surface area contributed by atoms with Crippen molar-refractivity contribution in [1.82, 2.24) is 15.2 Å². The number of methoxy groups -OCH3 is 1. The Labute approximate surface area is 114 Å². The van der Waals surface area contributed by atoms with Crippen LogP contribution in [0.5, 0.6) is 5.75 Å². The van der Waals surface area contributed by atoms with Crippen molar-refractivity contribution in [2.75, 3.05) is 13.7 Å². The normalized spacial score (nSPS) is 24.9.